The Hall–Kier alpha value is -6.38. The van der Waals surface area contributed by atoms with Gasteiger partial charge in [-0.05, 0) is 98.6 Å². The molecule has 2 N–H and O–H groups in total. The lowest BCUT2D eigenvalue weighted by molar-refractivity contribution is -0.123. The summed E-state index contributed by atoms with van der Waals surface area (Å²) in [5, 5.41) is 26.2. The average Bonchev–Trinajstić information content (AvgIpc) is 4.36. The lowest BCUT2D eigenvalue weighted by Crippen LogP contribution is -2.54. The maximum atomic E-state index is 15.3. The van der Waals surface area contributed by atoms with Gasteiger partial charge >= 0.3 is 11.9 Å². The second-order valence-corrected chi connectivity index (χ2v) is 24.3. The van der Waals surface area contributed by atoms with Gasteiger partial charge in [0.05, 0.1) is 97.1 Å². The van der Waals surface area contributed by atoms with Gasteiger partial charge in [0.25, 0.3) is 0 Å². The first-order chi connectivity index (χ1) is 38.8. The number of Topliss-reactive ketones (excluding diaryl/α,β-unsaturated/α-hetero) is 2. The highest BCUT2D eigenvalue weighted by molar-refractivity contribution is 5.96. The van der Waals surface area contributed by atoms with Gasteiger partial charge in [-0.3, -0.25) is 29.4 Å². The second-order valence-electron chi connectivity index (χ2n) is 24.3. The van der Waals surface area contributed by atoms with Crippen LogP contribution in [0, 0.1) is 58.0 Å². The van der Waals surface area contributed by atoms with Crippen LogP contribution in [0.2, 0.25) is 0 Å². The van der Waals surface area contributed by atoms with Crippen molar-refractivity contribution in [3.63, 3.8) is 0 Å². The summed E-state index contributed by atoms with van der Waals surface area (Å²) in [4.78, 5) is 64.8. The summed E-state index contributed by atoms with van der Waals surface area (Å²) in [6.45, 7) is 6.30. The van der Waals surface area contributed by atoms with Gasteiger partial charge in [0.1, 0.15) is 22.8 Å². The lowest BCUT2D eigenvalue weighted by atomic mass is 9.83. The van der Waals surface area contributed by atoms with E-state index in [0.29, 0.717) is 106 Å². The van der Waals surface area contributed by atoms with Crippen LogP contribution in [-0.4, -0.2) is 132 Å². The Morgan fingerprint density at radius 3 is 1.36 bits per heavy atom. The Morgan fingerprint density at radius 1 is 0.625 bits per heavy atom. The van der Waals surface area contributed by atoms with Crippen LogP contribution in [0.25, 0.3) is 22.5 Å². The highest BCUT2D eigenvalue weighted by Crippen LogP contribution is 2.48. The molecule has 2 unspecified atom stereocenters. The zero-order valence-corrected chi connectivity index (χ0v) is 44.8. The molecule has 2 aliphatic carbocycles. The van der Waals surface area contributed by atoms with E-state index >= 15 is 8.78 Å². The molecule has 6 saturated heterocycles. The minimum Gasteiger partial charge on any atom is -0.450 e. The molecule has 8 atom stereocenters. The van der Waals surface area contributed by atoms with Gasteiger partial charge in [-0.15, -0.1) is 0 Å². The predicted octanol–water partition coefficient (Wildman–Crippen LogP) is 7.06. The summed E-state index contributed by atoms with van der Waals surface area (Å²) in [6, 6.07) is 19.4. The standard InChI is InChI=1S/2C31H33FN4O4/c2*32-26-12-20(2-1-19(26)9-18(14-33)10-28(37)29-21-3-4-22(11-21)35-29)27-13-25-24(15-34-27)30(38)40-31(25)5-7-36(8-6-31)23-16-39-17-23/h2*1-2,12-13,15,18,21-23,29,35H,3-11,16-17H2/t2*18-,21+,22-,29?/m11/s1. The third kappa shape index (κ3) is 9.93. The Kier molecular flexibility index (Phi) is 14.2. The SMILES string of the molecule is N#C[C@@H](CC(=O)C1N[C@@H]2CC[C@H]1C2)Cc1ccc(-c2cc3c(cn2)C(=O)OC32CCN(C3COC3)CC2)cc1F.N#C[C@@H](CC(=O)C1N[C@@H]2CC[C@H]1C2)Cc1ccc(-c2cc3c(cn2)C(=O)OC32CCN(C3COC3)CC2)cc1F. The number of pyridine rings is 2. The summed E-state index contributed by atoms with van der Waals surface area (Å²) < 4.78 is 53.2. The fourth-order valence-electron chi connectivity index (χ4n) is 14.8. The highest BCUT2D eigenvalue weighted by atomic mass is 19.1. The maximum Gasteiger partial charge on any atom is 0.341 e. The number of hydrogen-bond acceptors (Lipinski definition) is 16. The zero-order valence-electron chi connectivity index (χ0n) is 44.8. The van der Waals surface area contributed by atoms with Crippen LogP contribution < -0.4 is 10.6 Å². The first-order valence-corrected chi connectivity index (χ1v) is 28.9. The molecule has 80 heavy (non-hydrogen) atoms. The first kappa shape index (κ1) is 53.0. The minimum absolute atomic E-state index is 0.0654. The van der Waals surface area contributed by atoms with E-state index in [4.69, 9.17) is 18.9 Å². The number of benzene rings is 2. The van der Waals surface area contributed by atoms with Gasteiger partial charge in [-0.1, -0.05) is 24.3 Å². The molecule has 0 radical (unpaired) electrons. The molecule has 8 aliphatic heterocycles. The number of ether oxygens (including phenoxy) is 4. The number of carbonyl (C=O) groups is 4. The van der Waals surface area contributed by atoms with Gasteiger partial charge in [-0.2, -0.15) is 10.5 Å². The fraction of sp³-hybridized carbons (Fsp3) is 0.548. The Bertz CT molecular complexity index is 3000. The molecule has 4 aromatic rings. The number of fused-ring (bicyclic) bond motifs is 8. The number of likely N-dealkylation sites (tertiary alicyclic amines) is 2. The smallest absolute Gasteiger partial charge is 0.341 e. The van der Waals surface area contributed by atoms with Crippen LogP contribution >= 0.6 is 0 Å². The number of nitriles is 2. The lowest BCUT2D eigenvalue weighted by Gasteiger charge is -2.44. The van der Waals surface area contributed by atoms with Crippen molar-refractivity contribution in [1.82, 2.24) is 30.4 Å². The summed E-state index contributed by atoms with van der Waals surface area (Å²) in [7, 11) is 0. The van der Waals surface area contributed by atoms with Crippen LogP contribution in [0.3, 0.4) is 0 Å². The molecule has 14 rings (SSSR count). The molecule has 10 aliphatic rings. The average molecular weight is 1090 g/mol. The molecule has 2 aromatic carbocycles. The molecule has 18 heteroatoms. The van der Waals surface area contributed by atoms with Crippen LogP contribution in [0.1, 0.15) is 120 Å². The van der Waals surface area contributed by atoms with E-state index in [1.165, 1.54) is 12.1 Å². The van der Waals surface area contributed by atoms with Gasteiger partial charge in [-0.25, -0.2) is 18.4 Å². The molecule has 8 fully saturated rings. The largest absolute Gasteiger partial charge is 0.450 e. The number of hydrogen-bond donors (Lipinski definition) is 2. The number of halogens is 2. The number of piperidine rings is 4. The second kappa shape index (κ2) is 21.5. The summed E-state index contributed by atoms with van der Waals surface area (Å²) in [5.41, 5.74) is 4.42. The number of rotatable bonds is 14. The molecular formula is C62H66F2N8O8. The molecule has 10 heterocycles. The van der Waals surface area contributed by atoms with E-state index < -0.39 is 34.7 Å². The predicted molar refractivity (Wildman–Crippen MR) is 285 cm³/mol. The van der Waals surface area contributed by atoms with Crippen molar-refractivity contribution in [2.75, 3.05) is 52.6 Å². The third-order valence-electron chi connectivity index (χ3n) is 19.6. The van der Waals surface area contributed by atoms with E-state index in [1.807, 2.05) is 12.1 Å². The Balaban J connectivity index is 0.000000151. The van der Waals surface area contributed by atoms with E-state index in [1.54, 1.807) is 36.7 Å². The molecule has 0 amide bonds. The van der Waals surface area contributed by atoms with Crippen LogP contribution in [0.4, 0.5) is 8.78 Å². The summed E-state index contributed by atoms with van der Waals surface area (Å²) >= 11 is 0. The first-order valence-electron chi connectivity index (χ1n) is 28.9. The van der Waals surface area contributed by atoms with Crippen LogP contribution in [-0.2, 0) is 52.6 Å². The van der Waals surface area contributed by atoms with Crippen molar-refractivity contribution >= 4 is 23.5 Å². The molecule has 2 saturated carbocycles. The van der Waals surface area contributed by atoms with E-state index in [9.17, 15) is 29.7 Å². The Labute approximate surface area is 463 Å². The van der Waals surface area contributed by atoms with Gasteiger partial charge in [0, 0.05) is 111 Å². The third-order valence-corrected chi connectivity index (χ3v) is 19.6. The molecule has 4 bridgehead atoms. The van der Waals surface area contributed by atoms with E-state index in [2.05, 4.69) is 42.5 Å². The van der Waals surface area contributed by atoms with Gasteiger partial charge in [0.15, 0.2) is 11.6 Å². The van der Waals surface area contributed by atoms with Crippen molar-refractivity contribution in [3.05, 3.63) is 106 Å². The zero-order chi connectivity index (χ0) is 54.9. The van der Waals surface area contributed by atoms with E-state index in [0.717, 1.165) is 102 Å². The number of esters is 2. The number of nitrogens with one attached hydrogen (secondary N) is 2. The van der Waals surface area contributed by atoms with E-state index in [-0.39, 0.29) is 61.3 Å². The number of aromatic nitrogens is 2. The van der Waals surface area contributed by atoms with Crippen molar-refractivity contribution in [3.8, 4) is 34.7 Å². The van der Waals surface area contributed by atoms with Crippen molar-refractivity contribution < 1.29 is 46.9 Å². The molecule has 416 valence electrons. The van der Waals surface area contributed by atoms with Crippen molar-refractivity contribution in [1.29, 1.82) is 10.5 Å². The topological polar surface area (TPSA) is 209 Å². The molecule has 2 aromatic heterocycles. The molecule has 2 spiro atoms. The highest BCUT2D eigenvalue weighted by Gasteiger charge is 2.51. The minimum atomic E-state index is -0.677. The normalized spacial score (nSPS) is 27.7. The van der Waals surface area contributed by atoms with Crippen molar-refractivity contribution in [2.24, 2.45) is 23.7 Å². The maximum absolute atomic E-state index is 15.3. The fourth-order valence-corrected chi connectivity index (χ4v) is 14.8. The summed E-state index contributed by atoms with van der Waals surface area (Å²) in [6.07, 6.45) is 12.9. The summed E-state index contributed by atoms with van der Waals surface area (Å²) in [5.74, 6) is -1.84. The Morgan fingerprint density at radius 2 is 1.04 bits per heavy atom. The van der Waals surface area contributed by atoms with Gasteiger partial charge in [0.2, 0.25) is 0 Å². The molecule has 16 nitrogen and oxygen atoms in total. The molecular weight excluding hydrogens is 1020 g/mol. The van der Waals surface area contributed by atoms with Crippen LogP contribution in [0.5, 0.6) is 0 Å². The van der Waals surface area contributed by atoms with Gasteiger partial charge < -0.3 is 29.6 Å². The number of nitrogens with zero attached hydrogens (tertiary/aromatic N) is 6. The quantitative estimate of drug-likeness (QED) is 0.121. The number of carbonyl (C=O) groups excluding carboxylic acids is 4. The monoisotopic (exact) mass is 1090 g/mol. The van der Waals surface area contributed by atoms with Crippen LogP contribution in [0.15, 0.2) is 60.9 Å². The van der Waals surface area contributed by atoms with Crippen molar-refractivity contribution in [2.45, 2.75) is 137 Å². The number of ketones is 2.